The third-order valence-corrected chi connectivity index (χ3v) is 7.52. The van der Waals surface area contributed by atoms with Crippen LogP contribution in [0.15, 0.2) is 34.8 Å². The Bertz CT molecular complexity index is 1300. The van der Waals surface area contributed by atoms with Crippen molar-refractivity contribution < 1.29 is 39.6 Å². The monoisotopic (exact) mass is 514 g/mol. The molecule has 0 aromatic heterocycles. The zero-order chi connectivity index (χ0) is 27.6. The molecule has 4 atom stereocenters. The molecule has 0 saturated carbocycles. The summed E-state index contributed by atoms with van der Waals surface area (Å²) < 4.78 is 0. The summed E-state index contributed by atoms with van der Waals surface area (Å²) in [5, 5.41) is 47.3. The van der Waals surface area contributed by atoms with Gasteiger partial charge in [-0.3, -0.25) is 24.1 Å². The molecule has 0 radical (unpaired) electrons. The highest BCUT2D eigenvalue weighted by Crippen LogP contribution is 2.52. The van der Waals surface area contributed by atoms with Crippen molar-refractivity contribution in [3.63, 3.8) is 0 Å². The summed E-state index contributed by atoms with van der Waals surface area (Å²) in [6.45, 7) is -0.141. The Morgan fingerprint density at radius 1 is 1.14 bits per heavy atom. The molecule has 1 aromatic rings. The number of allylic oxidation sites excluding steroid dienone is 1. The van der Waals surface area contributed by atoms with Gasteiger partial charge in [0.15, 0.2) is 11.4 Å². The van der Waals surface area contributed by atoms with Crippen LogP contribution in [-0.2, 0) is 20.8 Å². The fourth-order valence-corrected chi connectivity index (χ4v) is 5.70. The molecule has 198 valence electrons. The van der Waals surface area contributed by atoms with Crippen LogP contribution in [0.2, 0.25) is 0 Å². The number of nitrogens with zero attached hydrogens (tertiary/aromatic N) is 2. The lowest BCUT2D eigenvalue weighted by Gasteiger charge is -2.50. The Morgan fingerprint density at radius 2 is 1.78 bits per heavy atom. The van der Waals surface area contributed by atoms with Crippen molar-refractivity contribution in [1.82, 2.24) is 9.80 Å². The van der Waals surface area contributed by atoms with Gasteiger partial charge in [0.05, 0.1) is 23.8 Å². The maximum atomic E-state index is 13.6. The highest BCUT2D eigenvalue weighted by atomic mass is 16.3. The highest BCUT2D eigenvalue weighted by molar-refractivity contribution is 6.24. The van der Waals surface area contributed by atoms with E-state index in [2.05, 4.69) is 5.32 Å². The van der Waals surface area contributed by atoms with Crippen molar-refractivity contribution >= 4 is 29.1 Å². The molecule has 3 aliphatic rings. The maximum absolute atomic E-state index is 13.6. The van der Waals surface area contributed by atoms with E-state index in [-0.39, 0.29) is 42.1 Å². The third kappa shape index (κ3) is 3.75. The number of hydrogen-bond donors (Lipinski definition) is 6. The molecule has 12 heteroatoms. The molecule has 0 aliphatic heterocycles. The van der Waals surface area contributed by atoms with Crippen molar-refractivity contribution in [3.05, 3.63) is 45.9 Å². The largest absolute Gasteiger partial charge is 0.510 e. The van der Waals surface area contributed by atoms with Crippen molar-refractivity contribution in [2.24, 2.45) is 17.6 Å². The predicted molar refractivity (Wildman–Crippen MR) is 131 cm³/mol. The Balaban J connectivity index is 1.83. The summed E-state index contributed by atoms with van der Waals surface area (Å²) >= 11 is 0. The zero-order valence-electron chi connectivity index (χ0n) is 20.9. The minimum Gasteiger partial charge on any atom is -0.510 e. The fourth-order valence-electron chi connectivity index (χ4n) is 5.70. The van der Waals surface area contributed by atoms with Crippen LogP contribution in [0.4, 0.5) is 5.69 Å². The number of amides is 2. The second-order valence-corrected chi connectivity index (χ2v) is 10.1. The van der Waals surface area contributed by atoms with Crippen LogP contribution in [0.5, 0.6) is 5.75 Å². The standard InChI is InChI=1S/C25H30N4O8/c1-28(2)14(30)9-27-13-6-5-10-7-11-8-12-18(29(3)4)21(33)17(24(26)36)23(35)25(12,37)22(34)16(11)20(32)15(10)19(13)31/h5-6,11-12,18,27,31,33-34,37H,7-9H2,1-4H3,(H2,26,36)/t11?,12?,18-,25?/m0/s1. The second kappa shape index (κ2) is 8.89. The first-order valence-electron chi connectivity index (χ1n) is 11.7. The molecule has 4 rings (SSSR count). The number of Topliss-reactive ketones (excluding diaryl/α,β-unsaturated/α-hetero) is 2. The number of carbonyl (C=O) groups is 4. The van der Waals surface area contributed by atoms with Gasteiger partial charge in [0, 0.05) is 25.6 Å². The molecule has 37 heavy (non-hydrogen) atoms. The number of ketones is 2. The number of nitrogens with one attached hydrogen (secondary N) is 1. The number of primary amides is 1. The van der Waals surface area contributed by atoms with Crippen LogP contribution in [0.1, 0.15) is 22.3 Å². The van der Waals surface area contributed by atoms with Gasteiger partial charge >= 0.3 is 0 Å². The van der Waals surface area contributed by atoms with Gasteiger partial charge in [-0.05, 0) is 44.5 Å². The molecule has 3 unspecified atom stereocenters. The van der Waals surface area contributed by atoms with Crippen molar-refractivity contribution in [1.29, 1.82) is 0 Å². The summed E-state index contributed by atoms with van der Waals surface area (Å²) in [6.07, 6.45) is 0.211. The zero-order valence-corrected chi connectivity index (χ0v) is 20.9. The SMILES string of the molecule is CN(C)C(=O)CNc1ccc2c(c1O)C(=O)C1=C(O)C3(O)C(=O)C(C(N)=O)=C(O)[C@@H](N(C)C)C3CC1C2. The first-order chi connectivity index (χ1) is 17.2. The minimum absolute atomic E-state index is 0.0177. The molecule has 0 bridgehead atoms. The summed E-state index contributed by atoms with van der Waals surface area (Å²) in [6, 6.07) is 2.13. The van der Waals surface area contributed by atoms with Gasteiger partial charge in [0.1, 0.15) is 22.8 Å². The molecule has 0 fully saturated rings. The first kappa shape index (κ1) is 26.2. The van der Waals surface area contributed by atoms with Gasteiger partial charge in [-0.2, -0.15) is 0 Å². The number of fused-ring (bicyclic) bond motifs is 3. The topological polar surface area (TPSA) is 194 Å². The molecule has 0 saturated heterocycles. The summed E-state index contributed by atoms with van der Waals surface area (Å²) in [5.74, 6) is -7.30. The number of hydrogen-bond acceptors (Lipinski definition) is 10. The number of phenolic OH excluding ortho intramolecular Hbond substituents is 1. The molecule has 0 heterocycles. The normalized spacial score (nSPS) is 27.0. The number of rotatable bonds is 5. The van der Waals surface area contributed by atoms with Crippen LogP contribution in [0.25, 0.3) is 0 Å². The van der Waals surface area contributed by atoms with Gasteiger partial charge in [-0.25, -0.2) is 0 Å². The van der Waals surface area contributed by atoms with E-state index in [4.69, 9.17) is 5.73 Å². The van der Waals surface area contributed by atoms with Gasteiger partial charge in [0.2, 0.25) is 11.7 Å². The average molecular weight is 515 g/mol. The van der Waals surface area contributed by atoms with E-state index in [9.17, 15) is 39.6 Å². The lowest BCUT2D eigenvalue weighted by molar-refractivity contribution is -0.148. The summed E-state index contributed by atoms with van der Waals surface area (Å²) in [5.41, 5.74) is 2.03. The molecule has 2 amide bonds. The predicted octanol–water partition coefficient (Wildman–Crippen LogP) is -0.379. The van der Waals surface area contributed by atoms with Crippen molar-refractivity contribution in [2.75, 3.05) is 40.1 Å². The number of anilines is 1. The average Bonchev–Trinajstić information content (AvgIpc) is 2.80. The fraction of sp³-hybridized carbons (Fsp3) is 0.440. The maximum Gasteiger partial charge on any atom is 0.255 e. The van der Waals surface area contributed by atoms with Gasteiger partial charge in [0.25, 0.3) is 5.91 Å². The van der Waals surface area contributed by atoms with E-state index in [0.29, 0.717) is 5.56 Å². The number of likely N-dealkylation sites (N-methyl/N-ethyl adjacent to an activating group) is 2. The first-order valence-corrected chi connectivity index (χ1v) is 11.7. The Kier molecular flexibility index (Phi) is 6.29. The second-order valence-electron chi connectivity index (χ2n) is 10.1. The Labute approximate surface area is 212 Å². The van der Waals surface area contributed by atoms with Gasteiger partial charge in [-0.15, -0.1) is 0 Å². The molecular formula is C25H30N4O8. The van der Waals surface area contributed by atoms with Crippen molar-refractivity contribution in [2.45, 2.75) is 24.5 Å². The van der Waals surface area contributed by atoms with Crippen LogP contribution >= 0.6 is 0 Å². The van der Waals surface area contributed by atoms with E-state index in [0.717, 1.165) is 0 Å². The van der Waals surface area contributed by atoms with E-state index >= 15 is 0 Å². The van der Waals surface area contributed by atoms with E-state index in [1.807, 2.05) is 0 Å². The lowest BCUT2D eigenvalue weighted by atomic mass is 9.58. The number of nitrogens with two attached hydrogens (primary N) is 1. The van der Waals surface area contributed by atoms with Crippen LogP contribution in [-0.4, -0.2) is 100.0 Å². The van der Waals surface area contributed by atoms with Crippen LogP contribution in [0.3, 0.4) is 0 Å². The summed E-state index contributed by atoms with van der Waals surface area (Å²) in [4.78, 5) is 53.7. The number of benzene rings is 1. The number of aliphatic hydroxyl groups is 3. The molecule has 1 aromatic carbocycles. The smallest absolute Gasteiger partial charge is 0.255 e. The van der Waals surface area contributed by atoms with E-state index < -0.39 is 63.8 Å². The van der Waals surface area contributed by atoms with E-state index in [1.165, 1.54) is 9.80 Å². The van der Waals surface area contributed by atoms with Gasteiger partial charge < -0.3 is 36.4 Å². The molecule has 3 aliphatic carbocycles. The third-order valence-electron chi connectivity index (χ3n) is 7.52. The summed E-state index contributed by atoms with van der Waals surface area (Å²) in [7, 11) is 6.28. The quantitative estimate of drug-likeness (QED) is 0.223. The number of aromatic hydroxyl groups is 1. The van der Waals surface area contributed by atoms with Gasteiger partial charge in [-0.1, -0.05) is 6.07 Å². The molecule has 0 spiro atoms. The van der Waals surface area contributed by atoms with Crippen LogP contribution < -0.4 is 11.1 Å². The molecule has 12 nitrogen and oxygen atoms in total. The van der Waals surface area contributed by atoms with Crippen molar-refractivity contribution in [3.8, 4) is 5.75 Å². The number of phenols is 1. The van der Waals surface area contributed by atoms with Crippen LogP contribution in [0, 0.1) is 11.8 Å². The number of carbonyl (C=O) groups excluding carboxylic acids is 4. The lowest BCUT2D eigenvalue weighted by Crippen LogP contribution is -2.63. The van der Waals surface area contributed by atoms with E-state index in [1.54, 1.807) is 40.3 Å². The minimum atomic E-state index is -2.69. The Morgan fingerprint density at radius 3 is 2.35 bits per heavy atom. The number of aliphatic hydroxyl groups excluding tert-OH is 2. The molecular weight excluding hydrogens is 484 g/mol. The highest BCUT2D eigenvalue weighted by Gasteiger charge is 2.63. The molecule has 7 N–H and O–H groups in total. The Hall–Kier alpha value is -3.90.